The van der Waals surface area contributed by atoms with Crippen LogP contribution in [-0.4, -0.2) is 20.8 Å². The van der Waals surface area contributed by atoms with Crippen LogP contribution in [0.4, 0.5) is 4.79 Å². The third-order valence-electron chi connectivity index (χ3n) is 6.12. The molecular formula is C27H22N2O6. The van der Waals surface area contributed by atoms with Crippen LogP contribution < -0.4 is 16.0 Å². The van der Waals surface area contributed by atoms with Crippen LogP contribution in [0.1, 0.15) is 52.0 Å². The second-order valence-electron chi connectivity index (χ2n) is 8.27. The number of furan rings is 1. The predicted octanol–water partition coefficient (Wildman–Crippen LogP) is 4.46. The summed E-state index contributed by atoms with van der Waals surface area (Å²) in [5.74, 6) is -0.299. The minimum Gasteiger partial charge on any atom is -0.449 e. The van der Waals surface area contributed by atoms with Gasteiger partial charge in [0.05, 0.1) is 6.54 Å². The van der Waals surface area contributed by atoms with E-state index in [9.17, 15) is 14.4 Å². The van der Waals surface area contributed by atoms with Gasteiger partial charge in [-0.25, -0.2) is 9.59 Å². The van der Waals surface area contributed by atoms with E-state index >= 15 is 0 Å². The second-order valence-corrected chi connectivity index (χ2v) is 8.27. The van der Waals surface area contributed by atoms with E-state index in [1.165, 1.54) is 22.3 Å². The first-order chi connectivity index (χ1) is 16.9. The number of nitrogens with one attached hydrogen (secondary N) is 1. The smallest absolute Gasteiger partial charge is 0.449 e. The van der Waals surface area contributed by atoms with Gasteiger partial charge in [-0.2, -0.15) is 0 Å². The van der Waals surface area contributed by atoms with Crippen molar-refractivity contribution in [1.82, 2.24) is 9.55 Å². The highest BCUT2D eigenvalue weighted by molar-refractivity contribution is 5.77. The highest BCUT2D eigenvalue weighted by Crippen LogP contribution is 2.38. The van der Waals surface area contributed by atoms with Crippen LogP contribution in [-0.2, 0) is 13.0 Å². The van der Waals surface area contributed by atoms with E-state index < -0.39 is 23.3 Å². The number of aromatic amines is 1. The molecule has 2 N–H and O–H groups in total. The zero-order chi connectivity index (χ0) is 24.5. The van der Waals surface area contributed by atoms with Crippen LogP contribution in [0.5, 0.6) is 5.95 Å². The molecule has 0 spiro atoms. The largest absolute Gasteiger partial charge is 0.513 e. The third-order valence-corrected chi connectivity index (χ3v) is 6.12. The Labute approximate surface area is 199 Å². The molecule has 0 amide bonds. The lowest BCUT2D eigenvalue weighted by Crippen LogP contribution is -2.33. The van der Waals surface area contributed by atoms with Crippen LogP contribution >= 0.6 is 0 Å². The van der Waals surface area contributed by atoms with Crippen LogP contribution in [0.2, 0.25) is 0 Å². The summed E-state index contributed by atoms with van der Waals surface area (Å²) in [7, 11) is 0. The molecule has 4 aromatic rings. The number of carboxylic acid groups (broad SMARTS) is 1. The van der Waals surface area contributed by atoms with E-state index in [1.807, 2.05) is 36.4 Å². The first-order valence-corrected chi connectivity index (χ1v) is 11.2. The maximum Gasteiger partial charge on any atom is 0.513 e. The van der Waals surface area contributed by atoms with Gasteiger partial charge in [-0.3, -0.25) is 14.3 Å². The average Bonchev–Trinajstić information content (AvgIpc) is 3.20. The van der Waals surface area contributed by atoms with Crippen molar-refractivity contribution in [3.63, 3.8) is 0 Å². The molecule has 2 heterocycles. The highest BCUT2D eigenvalue weighted by Gasteiger charge is 2.26. The standard InChI is InChI=1S/C27H22N2O6/c1-2-16-7-11-21-18(13-16)9-8-17-5-3-4-6-20(17)24(21)22-15-29(26(31)28-25(22)30)14-19-10-12-23(34-19)35-27(32)33/h3-13,15,24H,2,14H2,1H3,(H,32,33)(H,28,30,31). The van der Waals surface area contributed by atoms with E-state index in [2.05, 4.69) is 34.9 Å². The van der Waals surface area contributed by atoms with Crippen molar-refractivity contribution in [2.24, 2.45) is 0 Å². The minimum absolute atomic E-state index is 0.0140. The molecule has 176 valence electrons. The van der Waals surface area contributed by atoms with Gasteiger partial charge in [-0.05, 0) is 40.3 Å². The number of aromatic nitrogens is 2. The molecule has 0 saturated carbocycles. The van der Waals surface area contributed by atoms with Crippen molar-refractivity contribution in [3.8, 4) is 5.95 Å². The van der Waals surface area contributed by atoms with Crippen molar-refractivity contribution in [2.45, 2.75) is 25.8 Å². The summed E-state index contributed by atoms with van der Waals surface area (Å²) in [4.78, 5) is 38.9. The van der Waals surface area contributed by atoms with Gasteiger partial charge in [0.25, 0.3) is 11.5 Å². The Morgan fingerprint density at radius 1 is 1.03 bits per heavy atom. The lowest BCUT2D eigenvalue weighted by molar-refractivity contribution is 0.132. The maximum absolute atomic E-state index is 13.1. The molecule has 0 bridgehead atoms. The first kappa shape index (κ1) is 22.2. The topological polar surface area (TPSA) is 115 Å². The first-order valence-electron chi connectivity index (χ1n) is 11.2. The Morgan fingerprint density at radius 3 is 2.60 bits per heavy atom. The monoisotopic (exact) mass is 470 g/mol. The Kier molecular flexibility index (Phi) is 5.70. The number of aryl methyl sites for hydroxylation is 1. The number of fused-ring (bicyclic) bond motifs is 2. The summed E-state index contributed by atoms with van der Waals surface area (Å²) in [6.45, 7) is 2.08. The van der Waals surface area contributed by atoms with Gasteiger partial charge in [0.15, 0.2) is 0 Å². The molecule has 0 fully saturated rings. The summed E-state index contributed by atoms with van der Waals surface area (Å²) in [6, 6.07) is 17.0. The van der Waals surface area contributed by atoms with Crippen molar-refractivity contribution in [1.29, 1.82) is 0 Å². The molecule has 2 aromatic carbocycles. The highest BCUT2D eigenvalue weighted by atomic mass is 16.7. The fraction of sp³-hybridized carbons (Fsp3) is 0.148. The van der Waals surface area contributed by atoms with Gasteiger partial charge in [-0.15, -0.1) is 0 Å². The summed E-state index contributed by atoms with van der Waals surface area (Å²) >= 11 is 0. The van der Waals surface area contributed by atoms with Crippen molar-refractivity contribution in [2.75, 3.05) is 0 Å². The van der Waals surface area contributed by atoms with Gasteiger partial charge in [0.2, 0.25) is 0 Å². The van der Waals surface area contributed by atoms with Crippen LogP contribution in [0, 0.1) is 0 Å². The van der Waals surface area contributed by atoms with Gasteiger partial charge in [0.1, 0.15) is 5.76 Å². The predicted molar refractivity (Wildman–Crippen MR) is 130 cm³/mol. The molecule has 1 aliphatic carbocycles. The molecule has 1 atom stereocenters. The lowest BCUT2D eigenvalue weighted by Gasteiger charge is -2.21. The number of benzene rings is 2. The summed E-state index contributed by atoms with van der Waals surface area (Å²) in [6.07, 6.45) is 5.04. The second kappa shape index (κ2) is 8.98. The number of rotatable bonds is 5. The number of ether oxygens (including phenoxy) is 1. The van der Waals surface area contributed by atoms with Crippen molar-refractivity contribution in [3.05, 3.63) is 121 Å². The molecule has 5 rings (SSSR count). The summed E-state index contributed by atoms with van der Waals surface area (Å²) in [5.41, 5.74) is 4.47. The van der Waals surface area contributed by atoms with E-state index in [0.717, 1.165) is 28.7 Å². The molecule has 8 nitrogen and oxygen atoms in total. The average molecular weight is 470 g/mol. The zero-order valence-corrected chi connectivity index (χ0v) is 18.9. The molecule has 1 aliphatic rings. The molecule has 1 unspecified atom stereocenters. The lowest BCUT2D eigenvalue weighted by atomic mass is 9.83. The Hall–Kier alpha value is -4.59. The SMILES string of the molecule is CCc1ccc2c(c1)C=Cc1ccccc1C2c1cn(Cc2ccc(OC(=O)O)o2)c(=O)[nH]c1=O. The normalized spacial score (nSPS) is 14.1. The van der Waals surface area contributed by atoms with E-state index in [4.69, 9.17) is 9.52 Å². The zero-order valence-electron chi connectivity index (χ0n) is 18.9. The summed E-state index contributed by atoms with van der Waals surface area (Å²) < 4.78 is 11.2. The quantitative estimate of drug-likeness (QED) is 0.367. The van der Waals surface area contributed by atoms with Gasteiger partial charge in [-0.1, -0.05) is 61.5 Å². The molecular weight excluding hydrogens is 448 g/mol. The van der Waals surface area contributed by atoms with Crippen molar-refractivity contribution < 1.29 is 19.1 Å². The van der Waals surface area contributed by atoms with E-state index in [-0.39, 0.29) is 12.5 Å². The number of H-pyrrole nitrogens is 1. The molecule has 8 heteroatoms. The van der Waals surface area contributed by atoms with Crippen molar-refractivity contribution >= 4 is 18.3 Å². The molecule has 0 saturated heterocycles. The Bertz CT molecular complexity index is 1570. The van der Waals surface area contributed by atoms with E-state index in [0.29, 0.717) is 11.3 Å². The number of carbonyl (C=O) groups is 1. The molecule has 0 radical (unpaired) electrons. The fourth-order valence-corrected chi connectivity index (χ4v) is 4.46. The Morgan fingerprint density at radius 2 is 1.80 bits per heavy atom. The minimum atomic E-state index is -1.50. The number of nitrogens with zero attached hydrogens (tertiary/aromatic N) is 1. The number of hydrogen-bond donors (Lipinski definition) is 2. The Balaban J connectivity index is 1.63. The van der Waals surface area contributed by atoms with Crippen LogP contribution in [0.3, 0.4) is 0 Å². The van der Waals surface area contributed by atoms with Gasteiger partial charge >= 0.3 is 11.8 Å². The third kappa shape index (κ3) is 4.33. The van der Waals surface area contributed by atoms with Crippen LogP contribution in [0.25, 0.3) is 12.2 Å². The maximum atomic E-state index is 13.1. The van der Waals surface area contributed by atoms with Crippen LogP contribution in [0.15, 0.2) is 74.8 Å². The van der Waals surface area contributed by atoms with Gasteiger partial charge in [0, 0.05) is 23.7 Å². The number of hydrogen-bond acceptors (Lipinski definition) is 5. The molecule has 35 heavy (non-hydrogen) atoms. The molecule has 2 aromatic heterocycles. The van der Waals surface area contributed by atoms with E-state index in [1.54, 1.807) is 6.20 Å². The summed E-state index contributed by atoms with van der Waals surface area (Å²) in [5, 5.41) is 8.76. The molecule has 0 aliphatic heterocycles. The van der Waals surface area contributed by atoms with Gasteiger partial charge < -0.3 is 14.3 Å². The fourth-order valence-electron chi connectivity index (χ4n) is 4.46.